The average molecular weight is 482 g/mol. The number of aromatic nitrogens is 3. The molecule has 9 heteroatoms. The SMILES string of the molecule is Cc1noc(-c2c(N3CC[C@@H](N[C@H]4CCOC4)C[C@H]3C)nc3c(F)cc(OC4CC4)cc3c2C)n1. The molecule has 6 rings (SSSR count). The van der Waals surface area contributed by atoms with Gasteiger partial charge in [0.15, 0.2) is 11.6 Å². The zero-order valence-electron chi connectivity index (χ0n) is 20.5. The molecule has 1 N–H and O–H groups in total. The highest BCUT2D eigenvalue weighted by molar-refractivity contribution is 5.93. The van der Waals surface area contributed by atoms with Gasteiger partial charge in [-0.05, 0) is 64.5 Å². The van der Waals surface area contributed by atoms with Gasteiger partial charge in [0, 0.05) is 42.7 Å². The Kier molecular flexibility index (Phi) is 5.84. The maximum absolute atomic E-state index is 15.3. The predicted molar refractivity (Wildman–Crippen MR) is 130 cm³/mol. The van der Waals surface area contributed by atoms with Crippen LogP contribution in [0.4, 0.5) is 10.2 Å². The molecule has 3 aromatic rings. The lowest BCUT2D eigenvalue weighted by Gasteiger charge is -2.40. The highest BCUT2D eigenvalue weighted by Crippen LogP contribution is 2.40. The summed E-state index contributed by atoms with van der Waals surface area (Å²) < 4.78 is 32.4. The van der Waals surface area contributed by atoms with Crippen LogP contribution in [0.1, 0.15) is 50.4 Å². The number of nitrogens with one attached hydrogen (secondary N) is 1. The van der Waals surface area contributed by atoms with Gasteiger partial charge < -0.3 is 24.2 Å². The second-order valence-corrected chi connectivity index (χ2v) is 10.2. The Morgan fingerprint density at radius 1 is 1.11 bits per heavy atom. The molecular weight excluding hydrogens is 449 g/mol. The Hall–Kier alpha value is -2.78. The summed E-state index contributed by atoms with van der Waals surface area (Å²) in [6.45, 7) is 8.39. The first-order valence-electron chi connectivity index (χ1n) is 12.7. The number of fused-ring (bicyclic) bond motifs is 1. The Balaban J connectivity index is 1.39. The number of halogens is 1. The number of aryl methyl sites for hydroxylation is 2. The van der Waals surface area contributed by atoms with Crippen molar-refractivity contribution >= 4 is 16.7 Å². The van der Waals surface area contributed by atoms with E-state index in [4.69, 9.17) is 19.0 Å². The molecule has 3 atom stereocenters. The quantitative estimate of drug-likeness (QED) is 0.557. The largest absolute Gasteiger partial charge is 0.490 e. The molecule has 8 nitrogen and oxygen atoms in total. The van der Waals surface area contributed by atoms with E-state index >= 15 is 4.39 Å². The number of anilines is 1. The Bertz CT molecular complexity index is 1240. The first kappa shape index (κ1) is 22.7. The molecule has 0 radical (unpaired) electrons. The summed E-state index contributed by atoms with van der Waals surface area (Å²) in [5, 5.41) is 8.49. The summed E-state index contributed by atoms with van der Waals surface area (Å²) in [5.41, 5.74) is 1.98. The molecule has 3 fully saturated rings. The minimum atomic E-state index is -0.374. The molecular formula is C26H32FN5O3. The molecule has 2 aromatic heterocycles. The molecule has 0 unspecified atom stereocenters. The van der Waals surface area contributed by atoms with Crippen LogP contribution >= 0.6 is 0 Å². The second-order valence-electron chi connectivity index (χ2n) is 10.2. The van der Waals surface area contributed by atoms with Gasteiger partial charge in [-0.15, -0.1) is 0 Å². The van der Waals surface area contributed by atoms with Crippen LogP contribution in [0.3, 0.4) is 0 Å². The van der Waals surface area contributed by atoms with Gasteiger partial charge in [-0.3, -0.25) is 0 Å². The van der Waals surface area contributed by atoms with Gasteiger partial charge in [0.2, 0.25) is 0 Å². The van der Waals surface area contributed by atoms with Crippen molar-refractivity contribution in [1.29, 1.82) is 0 Å². The molecule has 0 bridgehead atoms. The van der Waals surface area contributed by atoms with E-state index in [9.17, 15) is 0 Å². The fraction of sp³-hybridized carbons (Fsp3) is 0.577. The van der Waals surface area contributed by atoms with Gasteiger partial charge in [-0.2, -0.15) is 4.98 Å². The third kappa shape index (κ3) is 4.47. The molecule has 1 aromatic carbocycles. The summed E-state index contributed by atoms with van der Waals surface area (Å²) in [4.78, 5) is 11.7. The van der Waals surface area contributed by atoms with Crippen molar-refractivity contribution in [1.82, 2.24) is 20.4 Å². The van der Waals surface area contributed by atoms with E-state index in [1.165, 1.54) is 6.07 Å². The minimum absolute atomic E-state index is 0.184. The highest BCUT2D eigenvalue weighted by Gasteiger charge is 2.33. The highest BCUT2D eigenvalue weighted by atomic mass is 19.1. The lowest BCUT2D eigenvalue weighted by atomic mass is 9.95. The molecule has 1 saturated carbocycles. The molecule has 35 heavy (non-hydrogen) atoms. The van der Waals surface area contributed by atoms with Crippen LogP contribution in [0.15, 0.2) is 16.7 Å². The number of piperidine rings is 1. The number of ether oxygens (including phenoxy) is 2. The Labute approximate surface area is 204 Å². The predicted octanol–water partition coefficient (Wildman–Crippen LogP) is 4.32. The van der Waals surface area contributed by atoms with Crippen LogP contribution in [-0.4, -0.2) is 59.1 Å². The molecule has 2 saturated heterocycles. The Morgan fingerprint density at radius 2 is 1.97 bits per heavy atom. The topological polar surface area (TPSA) is 85.5 Å². The van der Waals surface area contributed by atoms with E-state index in [-0.39, 0.29) is 18.0 Å². The van der Waals surface area contributed by atoms with Gasteiger partial charge >= 0.3 is 0 Å². The third-order valence-electron chi connectivity index (χ3n) is 7.38. The lowest BCUT2D eigenvalue weighted by Crippen LogP contribution is -2.50. The van der Waals surface area contributed by atoms with Gasteiger partial charge in [0.05, 0.1) is 18.3 Å². The van der Waals surface area contributed by atoms with E-state index in [2.05, 4.69) is 27.3 Å². The Morgan fingerprint density at radius 3 is 2.66 bits per heavy atom. The summed E-state index contributed by atoms with van der Waals surface area (Å²) in [6.07, 6.45) is 5.21. The molecule has 3 aliphatic rings. The summed E-state index contributed by atoms with van der Waals surface area (Å²) in [7, 11) is 0. The van der Waals surface area contributed by atoms with E-state index in [1.807, 2.05) is 13.0 Å². The maximum Gasteiger partial charge on any atom is 0.261 e. The maximum atomic E-state index is 15.3. The van der Waals surface area contributed by atoms with Crippen molar-refractivity contribution in [3.8, 4) is 17.2 Å². The van der Waals surface area contributed by atoms with Gasteiger partial charge in [-0.1, -0.05) is 5.16 Å². The fourth-order valence-corrected chi connectivity index (χ4v) is 5.38. The van der Waals surface area contributed by atoms with Crippen molar-refractivity contribution in [2.45, 2.75) is 77.1 Å². The summed E-state index contributed by atoms with van der Waals surface area (Å²) >= 11 is 0. The third-order valence-corrected chi connectivity index (χ3v) is 7.38. The van der Waals surface area contributed by atoms with E-state index in [0.717, 1.165) is 63.0 Å². The molecule has 0 spiro atoms. The first-order valence-corrected chi connectivity index (χ1v) is 12.7. The molecule has 4 heterocycles. The van der Waals surface area contributed by atoms with E-state index in [1.54, 1.807) is 6.92 Å². The molecule has 0 amide bonds. The smallest absolute Gasteiger partial charge is 0.261 e. The van der Waals surface area contributed by atoms with Crippen LogP contribution in [0.5, 0.6) is 5.75 Å². The van der Waals surface area contributed by atoms with E-state index in [0.29, 0.717) is 46.3 Å². The van der Waals surface area contributed by atoms with Crippen LogP contribution in [-0.2, 0) is 4.74 Å². The first-order chi connectivity index (χ1) is 17.0. The average Bonchev–Trinajstić information content (AvgIpc) is 3.29. The number of hydrogen-bond donors (Lipinski definition) is 1. The van der Waals surface area contributed by atoms with Crippen molar-refractivity contribution in [2.24, 2.45) is 0 Å². The number of hydrogen-bond acceptors (Lipinski definition) is 8. The van der Waals surface area contributed by atoms with Crippen LogP contribution in [0.25, 0.3) is 22.4 Å². The molecule has 186 valence electrons. The zero-order valence-corrected chi connectivity index (χ0v) is 20.5. The van der Waals surface area contributed by atoms with Crippen molar-refractivity contribution < 1.29 is 18.4 Å². The van der Waals surface area contributed by atoms with Crippen molar-refractivity contribution in [3.05, 3.63) is 29.3 Å². The minimum Gasteiger partial charge on any atom is -0.490 e. The van der Waals surface area contributed by atoms with Crippen molar-refractivity contribution in [2.75, 3.05) is 24.7 Å². The van der Waals surface area contributed by atoms with Gasteiger partial charge in [-0.25, -0.2) is 9.37 Å². The van der Waals surface area contributed by atoms with Crippen LogP contribution in [0, 0.1) is 19.7 Å². The number of nitrogens with zero attached hydrogens (tertiary/aromatic N) is 4. The molecule has 1 aliphatic carbocycles. The normalized spacial score (nSPS) is 24.9. The standard InChI is InChI=1S/C26H32FN5O3/c1-14-10-17(29-18-7-9-33-13-18)6-8-32(14)25-23(26-28-16(3)31-35-26)15(2)21-11-20(34-19-4-5-19)12-22(27)24(21)30-25/h11-12,14,17-19,29H,4-10,13H2,1-3H3/t14-,17-,18+/m1/s1. The van der Waals surface area contributed by atoms with Gasteiger partial charge in [0.1, 0.15) is 17.1 Å². The van der Waals surface area contributed by atoms with Crippen LogP contribution < -0.4 is 15.0 Å². The number of benzene rings is 1. The lowest BCUT2D eigenvalue weighted by molar-refractivity contribution is 0.185. The number of pyridine rings is 1. The molecule has 2 aliphatic heterocycles. The second kappa shape index (κ2) is 9.02. The summed E-state index contributed by atoms with van der Waals surface area (Å²) in [6, 6.07) is 4.40. The fourth-order valence-electron chi connectivity index (χ4n) is 5.38. The monoisotopic (exact) mass is 481 g/mol. The van der Waals surface area contributed by atoms with Crippen LogP contribution in [0.2, 0.25) is 0 Å². The van der Waals surface area contributed by atoms with Gasteiger partial charge in [0.25, 0.3) is 5.89 Å². The number of rotatable bonds is 6. The summed E-state index contributed by atoms with van der Waals surface area (Å²) in [5.74, 6) is 1.83. The zero-order chi connectivity index (χ0) is 24.1. The van der Waals surface area contributed by atoms with E-state index < -0.39 is 0 Å². The van der Waals surface area contributed by atoms with Crippen molar-refractivity contribution in [3.63, 3.8) is 0 Å².